The summed E-state index contributed by atoms with van der Waals surface area (Å²) in [5.41, 5.74) is 2.80. The molecule has 0 bridgehead atoms. The first-order valence-corrected chi connectivity index (χ1v) is 7.87. The minimum Gasteiger partial charge on any atom is -0.376 e. The number of amides is 1. The molecule has 0 fully saturated rings. The average Bonchev–Trinajstić information content (AvgIpc) is 2.52. The lowest BCUT2D eigenvalue weighted by Gasteiger charge is -2.11. The van der Waals surface area contributed by atoms with Crippen molar-refractivity contribution in [3.8, 4) is 6.07 Å². The van der Waals surface area contributed by atoms with Gasteiger partial charge in [0.2, 0.25) is 5.91 Å². The van der Waals surface area contributed by atoms with Crippen molar-refractivity contribution in [2.45, 2.75) is 11.8 Å². The van der Waals surface area contributed by atoms with Crippen LogP contribution in [0.15, 0.2) is 53.4 Å². The standard InChI is InChI=1S/C17H17N3OS/c1-13-5-4-6-14(11-13)19-12-17(21)20-15-7-2-3-8-16(15)22-10-9-18/h2-8,11,19H,10,12H2,1H3,(H,20,21). The maximum Gasteiger partial charge on any atom is 0.243 e. The van der Waals surface area contributed by atoms with Crippen LogP contribution in [0.3, 0.4) is 0 Å². The van der Waals surface area contributed by atoms with E-state index in [4.69, 9.17) is 5.26 Å². The van der Waals surface area contributed by atoms with Crippen molar-refractivity contribution in [3.63, 3.8) is 0 Å². The van der Waals surface area contributed by atoms with Gasteiger partial charge in [0.05, 0.1) is 24.1 Å². The van der Waals surface area contributed by atoms with Crippen LogP contribution in [0.5, 0.6) is 0 Å². The van der Waals surface area contributed by atoms with Crippen LogP contribution in [0, 0.1) is 18.3 Å². The normalized spacial score (nSPS) is 9.82. The second kappa shape index (κ2) is 8.11. The number of hydrogen-bond donors (Lipinski definition) is 2. The number of benzene rings is 2. The molecule has 0 unspecified atom stereocenters. The molecule has 0 aliphatic carbocycles. The number of aryl methyl sites for hydroxylation is 1. The van der Waals surface area contributed by atoms with Gasteiger partial charge in [0.1, 0.15) is 0 Å². The van der Waals surface area contributed by atoms with Gasteiger partial charge < -0.3 is 10.6 Å². The van der Waals surface area contributed by atoms with Crippen LogP contribution in [0.1, 0.15) is 5.56 Å². The van der Waals surface area contributed by atoms with Gasteiger partial charge in [0.15, 0.2) is 0 Å². The minimum atomic E-state index is -0.119. The molecule has 1 amide bonds. The Balaban J connectivity index is 1.93. The van der Waals surface area contributed by atoms with Crippen molar-refractivity contribution in [3.05, 3.63) is 54.1 Å². The van der Waals surface area contributed by atoms with Crippen LogP contribution < -0.4 is 10.6 Å². The molecule has 22 heavy (non-hydrogen) atoms. The number of nitrogens with one attached hydrogen (secondary N) is 2. The summed E-state index contributed by atoms with van der Waals surface area (Å²) in [6.45, 7) is 2.20. The number of anilines is 2. The molecule has 0 radical (unpaired) electrons. The summed E-state index contributed by atoms with van der Waals surface area (Å²) in [7, 11) is 0. The minimum absolute atomic E-state index is 0.119. The third-order valence-electron chi connectivity index (χ3n) is 2.92. The molecule has 0 heterocycles. The Labute approximate surface area is 134 Å². The molecule has 0 saturated carbocycles. The lowest BCUT2D eigenvalue weighted by molar-refractivity contribution is -0.114. The second-order valence-electron chi connectivity index (χ2n) is 4.71. The highest BCUT2D eigenvalue weighted by atomic mass is 32.2. The summed E-state index contributed by atoms with van der Waals surface area (Å²) in [6, 6.07) is 17.4. The molecular formula is C17H17N3OS. The SMILES string of the molecule is Cc1cccc(NCC(=O)Nc2ccccc2SCC#N)c1. The first kappa shape index (κ1) is 15.9. The van der Waals surface area contributed by atoms with Gasteiger partial charge >= 0.3 is 0 Å². The average molecular weight is 311 g/mol. The van der Waals surface area contributed by atoms with Gasteiger partial charge in [-0.2, -0.15) is 5.26 Å². The summed E-state index contributed by atoms with van der Waals surface area (Å²) in [5, 5.41) is 14.6. The smallest absolute Gasteiger partial charge is 0.243 e. The fourth-order valence-electron chi connectivity index (χ4n) is 1.94. The molecule has 0 spiro atoms. The maximum atomic E-state index is 12.0. The molecule has 2 N–H and O–H groups in total. The van der Waals surface area contributed by atoms with Gasteiger partial charge in [-0.05, 0) is 36.8 Å². The van der Waals surface area contributed by atoms with Crippen molar-refractivity contribution in [2.75, 3.05) is 22.9 Å². The zero-order chi connectivity index (χ0) is 15.8. The molecule has 0 aliphatic rings. The van der Waals surface area contributed by atoms with Crippen molar-refractivity contribution in [1.82, 2.24) is 0 Å². The van der Waals surface area contributed by atoms with E-state index in [0.29, 0.717) is 5.75 Å². The van der Waals surface area contributed by atoms with Crippen LogP contribution >= 0.6 is 11.8 Å². The van der Waals surface area contributed by atoms with Crippen LogP contribution in [0.4, 0.5) is 11.4 Å². The number of carbonyl (C=O) groups excluding carboxylic acids is 1. The Kier molecular flexibility index (Phi) is 5.87. The van der Waals surface area contributed by atoms with Crippen molar-refractivity contribution in [1.29, 1.82) is 5.26 Å². The predicted octanol–water partition coefficient (Wildman–Crippen LogP) is 3.66. The highest BCUT2D eigenvalue weighted by Gasteiger charge is 2.07. The number of thioether (sulfide) groups is 1. The van der Waals surface area contributed by atoms with E-state index in [-0.39, 0.29) is 12.5 Å². The van der Waals surface area contributed by atoms with Gasteiger partial charge in [0, 0.05) is 10.6 Å². The highest BCUT2D eigenvalue weighted by molar-refractivity contribution is 7.99. The summed E-state index contributed by atoms with van der Waals surface area (Å²) < 4.78 is 0. The van der Waals surface area contributed by atoms with Crippen LogP contribution in [0.2, 0.25) is 0 Å². The van der Waals surface area contributed by atoms with Crippen molar-refractivity contribution >= 4 is 29.0 Å². The van der Waals surface area contributed by atoms with E-state index in [2.05, 4.69) is 16.7 Å². The summed E-state index contributed by atoms with van der Waals surface area (Å²) in [6.07, 6.45) is 0. The number of para-hydroxylation sites is 1. The predicted molar refractivity (Wildman–Crippen MR) is 91.1 cm³/mol. The topological polar surface area (TPSA) is 64.9 Å². The van der Waals surface area contributed by atoms with Crippen LogP contribution in [-0.2, 0) is 4.79 Å². The van der Waals surface area contributed by atoms with Crippen LogP contribution in [0.25, 0.3) is 0 Å². The zero-order valence-electron chi connectivity index (χ0n) is 12.3. The fraction of sp³-hybridized carbons (Fsp3) is 0.176. The lowest BCUT2D eigenvalue weighted by Crippen LogP contribution is -2.22. The van der Waals surface area contributed by atoms with E-state index in [1.54, 1.807) is 0 Å². The van der Waals surface area contributed by atoms with Crippen molar-refractivity contribution in [2.24, 2.45) is 0 Å². The number of hydrogen-bond acceptors (Lipinski definition) is 4. The van der Waals surface area contributed by atoms with Crippen LogP contribution in [-0.4, -0.2) is 18.2 Å². The van der Waals surface area contributed by atoms with E-state index in [1.807, 2.05) is 55.5 Å². The summed E-state index contributed by atoms with van der Waals surface area (Å²) in [5.74, 6) is 0.237. The highest BCUT2D eigenvalue weighted by Crippen LogP contribution is 2.26. The van der Waals surface area contributed by atoms with Gasteiger partial charge in [0.25, 0.3) is 0 Å². The van der Waals surface area contributed by atoms with E-state index in [9.17, 15) is 4.79 Å². The third-order valence-corrected chi connectivity index (χ3v) is 3.86. The second-order valence-corrected chi connectivity index (χ2v) is 5.73. The number of carbonyl (C=O) groups is 1. The zero-order valence-corrected chi connectivity index (χ0v) is 13.1. The van der Waals surface area contributed by atoms with Gasteiger partial charge in [-0.15, -0.1) is 11.8 Å². The molecule has 5 heteroatoms. The van der Waals surface area contributed by atoms with Gasteiger partial charge in [-0.1, -0.05) is 24.3 Å². The van der Waals surface area contributed by atoms with Crippen molar-refractivity contribution < 1.29 is 4.79 Å². The first-order valence-electron chi connectivity index (χ1n) is 6.88. The summed E-state index contributed by atoms with van der Waals surface area (Å²) in [4.78, 5) is 12.9. The molecule has 0 saturated heterocycles. The Morgan fingerprint density at radius 1 is 1.23 bits per heavy atom. The van der Waals surface area contributed by atoms with E-state index >= 15 is 0 Å². The summed E-state index contributed by atoms with van der Waals surface area (Å²) >= 11 is 1.41. The number of nitrogens with zero attached hydrogens (tertiary/aromatic N) is 1. The quantitative estimate of drug-likeness (QED) is 0.799. The monoisotopic (exact) mass is 311 g/mol. The Morgan fingerprint density at radius 2 is 2.05 bits per heavy atom. The lowest BCUT2D eigenvalue weighted by atomic mass is 10.2. The maximum absolute atomic E-state index is 12.0. The molecule has 0 aromatic heterocycles. The molecule has 2 aromatic rings. The molecule has 4 nitrogen and oxygen atoms in total. The van der Waals surface area contributed by atoms with E-state index in [1.165, 1.54) is 11.8 Å². The van der Waals surface area contributed by atoms with Gasteiger partial charge in [-0.3, -0.25) is 4.79 Å². The fourth-order valence-corrected chi connectivity index (χ4v) is 2.61. The molecule has 112 valence electrons. The third kappa shape index (κ3) is 4.83. The largest absolute Gasteiger partial charge is 0.376 e. The Bertz CT molecular complexity index is 694. The van der Waals surface area contributed by atoms with Gasteiger partial charge in [-0.25, -0.2) is 0 Å². The number of nitriles is 1. The molecule has 2 aromatic carbocycles. The van der Waals surface area contributed by atoms with E-state index < -0.39 is 0 Å². The molecular weight excluding hydrogens is 294 g/mol. The molecule has 0 aliphatic heterocycles. The molecule has 2 rings (SSSR count). The Hall–Kier alpha value is -2.45. The Morgan fingerprint density at radius 3 is 2.82 bits per heavy atom. The first-order chi connectivity index (χ1) is 10.7. The van der Waals surface area contributed by atoms with E-state index in [0.717, 1.165) is 21.8 Å². The number of rotatable bonds is 6. The molecule has 0 atom stereocenters.